The van der Waals surface area contributed by atoms with E-state index in [2.05, 4.69) is 18.5 Å². The van der Waals surface area contributed by atoms with Crippen molar-refractivity contribution in [1.29, 1.82) is 0 Å². The minimum Gasteiger partial charge on any atom is -0.490 e. The van der Waals surface area contributed by atoms with Gasteiger partial charge >= 0.3 is 5.97 Å². The molecule has 152 valence electrons. The molecule has 0 saturated heterocycles. The van der Waals surface area contributed by atoms with E-state index >= 15 is 0 Å². The van der Waals surface area contributed by atoms with Crippen LogP contribution in [-0.4, -0.2) is 22.7 Å². The Hall–Kier alpha value is -3.08. The number of hydrogen-bond acceptors (Lipinski definition) is 5. The average molecular weight is 393 g/mol. The summed E-state index contributed by atoms with van der Waals surface area (Å²) in [6.07, 6.45) is 6.10. The normalized spacial score (nSPS) is 12.6. The van der Waals surface area contributed by atoms with E-state index in [1.807, 2.05) is 57.3 Å². The molecule has 0 aliphatic rings. The van der Waals surface area contributed by atoms with Gasteiger partial charge in [0.25, 0.3) is 0 Å². The van der Waals surface area contributed by atoms with Crippen molar-refractivity contribution in [3.05, 3.63) is 60.9 Å². The maximum absolute atomic E-state index is 11.5. The maximum atomic E-state index is 11.5. The Morgan fingerprint density at radius 3 is 2.83 bits per heavy atom. The van der Waals surface area contributed by atoms with Gasteiger partial charge in [-0.15, -0.1) is 0 Å². The second-order valence-corrected chi connectivity index (χ2v) is 7.71. The van der Waals surface area contributed by atoms with Crippen LogP contribution in [0.4, 0.5) is 0 Å². The topological polar surface area (TPSA) is 61.6 Å². The molecule has 0 N–H and O–H groups in total. The lowest BCUT2D eigenvalue weighted by molar-refractivity contribution is -0.152. The summed E-state index contributed by atoms with van der Waals surface area (Å²) in [5.41, 5.74) is 2.31. The van der Waals surface area contributed by atoms with Crippen LogP contribution in [0.2, 0.25) is 0 Å². The number of nitrogens with zero attached hydrogens (tertiary/aromatic N) is 1. The van der Waals surface area contributed by atoms with Crippen molar-refractivity contribution in [2.24, 2.45) is 0 Å². The summed E-state index contributed by atoms with van der Waals surface area (Å²) in [6, 6.07) is 9.83. The summed E-state index contributed by atoms with van der Waals surface area (Å²) >= 11 is 0. The molecule has 29 heavy (non-hydrogen) atoms. The summed E-state index contributed by atoms with van der Waals surface area (Å²) in [6.45, 7) is 11.2. The van der Waals surface area contributed by atoms with E-state index in [0.717, 1.165) is 28.7 Å². The van der Waals surface area contributed by atoms with E-state index in [0.29, 0.717) is 12.2 Å². The van der Waals surface area contributed by atoms with Crippen LogP contribution in [0.5, 0.6) is 5.75 Å². The zero-order valence-electron chi connectivity index (χ0n) is 17.4. The van der Waals surface area contributed by atoms with Crippen molar-refractivity contribution in [1.82, 2.24) is 4.98 Å². The number of aromatic nitrogens is 1. The first-order valence-corrected chi connectivity index (χ1v) is 9.80. The molecule has 2 aromatic heterocycles. The van der Waals surface area contributed by atoms with E-state index in [9.17, 15) is 4.79 Å². The zero-order valence-corrected chi connectivity index (χ0v) is 17.4. The van der Waals surface area contributed by atoms with E-state index in [4.69, 9.17) is 13.9 Å². The first-order chi connectivity index (χ1) is 13.8. The van der Waals surface area contributed by atoms with Gasteiger partial charge in [-0.05, 0) is 57.0 Å². The van der Waals surface area contributed by atoms with Crippen LogP contribution in [0.15, 0.2) is 59.8 Å². The van der Waals surface area contributed by atoms with Crippen molar-refractivity contribution >= 4 is 16.9 Å². The lowest BCUT2D eigenvalue weighted by Crippen LogP contribution is -2.33. The molecule has 1 atom stereocenters. The molecule has 1 aromatic carbocycles. The highest BCUT2D eigenvalue weighted by Crippen LogP contribution is 2.32. The SMILES string of the molecule is C=CC(=O)OC(C)(C)CC(C)Oc1ccc2cc(-c3cnccc3CC)oc2c1. The van der Waals surface area contributed by atoms with Crippen molar-refractivity contribution in [2.45, 2.75) is 52.2 Å². The molecule has 0 aliphatic heterocycles. The third-order valence-corrected chi connectivity index (χ3v) is 4.71. The number of hydrogen-bond donors (Lipinski definition) is 0. The van der Waals surface area contributed by atoms with Gasteiger partial charge in [0.15, 0.2) is 0 Å². The number of ether oxygens (including phenoxy) is 2. The van der Waals surface area contributed by atoms with E-state index in [1.165, 1.54) is 11.6 Å². The van der Waals surface area contributed by atoms with Gasteiger partial charge in [0.2, 0.25) is 0 Å². The fourth-order valence-electron chi connectivity index (χ4n) is 3.49. The van der Waals surface area contributed by atoms with Gasteiger partial charge in [0.05, 0.1) is 6.10 Å². The highest BCUT2D eigenvalue weighted by molar-refractivity contribution is 5.84. The fraction of sp³-hybridized carbons (Fsp3) is 0.333. The van der Waals surface area contributed by atoms with E-state index in [1.54, 1.807) is 6.20 Å². The summed E-state index contributed by atoms with van der Waals surface area (Å²) in [7, 11) is 0. The largest absolute Gasteiger partial charge is 0.490 e. The third kappa shape index (κ3) is 5.05. The minimum absolute atomic E-state index is 0.153. The Labute approximate surface area is 171 Å². The predicted molar refractivity (Wildman–Crippen MR) is 114 cm³/mol. The number of rotatable bonds is 8. The van der Waals surface area contributed by atoms with Crippen LogP contribution in [0.1, 0.15) is 39.7 Å². The van der Waals surface area contributed by atoms with Crippen molar-refractivity contribution in [3.63, 3.8) is 0 Å². The van der Waals surface area contributed by atoms with Crippen LogP contribution < -0.4 is 4.74 Å². The van der Waals surface area contributed by atoms with Crippen molar-refractivity contribution in [3.8, 4) is 17.1 Å². The molecular weight excluding hydrogens is 366 g/mol. The molecule has 3 aromatic rings. The molecule has 5 nitrogen and oxygen atoms in total. The van der Waals surface area contributed by atoms with Gasteiger partial charge in [-0.2, -0.15) is 0 Å². The Balaban J connectivity index is 1.76. The average Bonchev–Trinajstić information content (AvgIpc) is 3.10. The van der Waals surface area contributed by atoms with E-state index < -0.39 is 11.6 Å². The van der Waals surface area contributed by atoms with Crippen LogP contribution in [0.25, 0.3) is 22.3 Å². The molecule has 0 amide bonds. The Morgan fingerprint density at radius 2 is 2.10 bits per heavy atom. The maximum Gasteiger partial charge on any atom is 0.330 e. The molecule has 0 saturated carbocycles. The van der Waals surface area contributed by atoms with Crippen LogP contribution >= 0.6 is 0 Å². The number of fused-ring (bicyclic) bond motifs is 1. The van der Waals surface area contributed by atoms with Crippen LogP contribution in [0.3, 0.4) is 0 Å². The number of aryl methyl sites for hydroxylation is 1. The minimum atomic E-state index is -0.649. The number of pyridine rings is 1. The van der Waals surface area contributed by atoms with Crippen LogP contribution in [-0.2, 0) is 16.0 Å². The fourth-order valence-corrected chi connectivity index (χ4v) is 3.49. The van der Waals surface area contributed by atoms with Crippen molar-refractivity contribution < 1.29 is 18.7 Å². The molecule has 1 unspecified atom stereocenters. The molecule has 3 rings (SSSR count). The zero-order chi connectivity index (χ0) is 21.0. The predicted octanol–water partition coefficient (Wildman–Crippen LogP) is 5.72. The smallest absolute Gasteiger partial charge is 0.330 e. The lowest BCUT2D eigenvalue weighted by atomic mass is 10.0. The van der Waals surface area contributed by atoms with Gasteiger partial charge in [-0.3, -0.25) is 4.98 Å². The Kier molecular flexibility index (Phi) is 6.06. The summed E-state index contributed by atoms with van der Waals surface area (Å²) in [4.78, 5) is 15.7. The molecule has 0 radical (unpaired) electrons. The molecule has 0 bridgehead atoms. The number of esters is 1. The number of benzene rings is 1. The molecule has 5 heteroatoms. The highest BCUT2D eigenvalue weighted by atomic mass is 16.6. The lowest BCUT2D eigenvalue weighted by Gasteiger charge is -2.28. The standard InChI is InChI=1S/C24H27NO4/c1-6-17-10-11-25-15-20(17)22-12-18-8-9-19(13-21(18)28-22)27-16(3)14-24(4,5)29-23(26)7-2/h7-13,15-16H,2,6,14H2,1,3-5H3. The highest BCUT2D eigenvalue weighted by Gasteiger charge is 2.25. The Morgan fingerprint density at radius 1 is 1.31 bits per heavy atom. The van der Waals surface area contributed by atoms with Gasteiger partial charge in [-0.1, -0.05) is 13.5 Å². The number of carbonyl (C=O) groups excluding carboxylic acids is 1. The first kappa shape index (κ1) is 20.6. The summed E-state index contributed by atoms with van der Waals surface area (Å²) in [5.74, 6) is 1.07. The molecule has 0 fully saturated rings. The Bertz CT molecular complexity index is 1020. The molecule has 2 heterocycles. The van der Waals surface area contributed by atoms with Gasteiger partial charge < -0.3 is 13.9 Å². The molecule has 0 spiro atoms. The number of carbonyl (C=O) groups is 1. The summed E-state index contributed by atoms with van der Waals surface area (Å²) < 4.78 is 17.5. The molecule has 0 aliphatic carbocycles. The van der Waals surface area contributed by atoms with Gasteiger partial charge in [0, 0.05) is 41.9 Å². The molecular formula is C24H27NO4. The van der Waals surface area contributed by atoms with E-state index in [-0.39, 0.29) is 6.10 Å². The second-order valence-electron chi connectivity index (χ2n) is 7.71. The number of furan rings is 1. The van der Waals surface area contributed by atoms with Crippen LogP contribution in [0, 0.1) is 0 Å². The van der Waals surface area contributed by atoms with Gasteiger partial charge in [-0.25, -0.2) is 4.79 Å². The van der Waals surface area contributed by atoms with Gasteiger partial charge in [0.1, 0.15) is 22.7 Å². The second kappa shape index (κ2) is 8.52. The first-order valence-electron chi connectivity index (χ1n) is 9.80. The van der Waals surface area contributed by atoms with Crippen molar-refractivity contribution in [2.75, 3.05) is 0 Å². The summed E-state index contributed by atoms with van der Waals surface area (Å²) in [5, 5.41) is 1.01. The quantitative estimate of drug-likeness (QED) is 0.362. The monoisotopic (exact) mass is 393 g/mol. The third-order valence-electron chi connectivity index (χ3n) is 4.71.